The normalized spacial score (nSPS) is 19.5. The highest BCUT2D eigenvalue weighted by Gasteiger charge is 2.20. The highest BCUT2D eigenvalue weighted by atomic mass is 19.1. The van der Waals surface area contributed by atoms with E-state index in [0.29, 0.717) is 25.5 Å². The molecule has 32 heavy (non-hydrogen) atoms. The third-order valence-electron chi connectivity index (χ3n) is 5.81. The second kappa shape index (κ2) is 11.5. The molecule has 9 heteroatoms. The Morgan fingerprint density at radius 3 is 2.75 bits per heavy atom. The van der Waals surface area contributed by atoms with Crippen LogP contribution in [-0.4, -0.2) is 79.3 Å². The predicted molar refractivity (Wildman–Crippen MR) is 116 cm³/mol. The molecule has 1 aromatic heterocycles. The van der Waals surface area contributed by atoms with Crippen LogP contribution < -0.4 is 5.32 Å². The van der Waals surface area contributed by atoms with Crippen LogP contribution in [0.25, 0.3) is 0 Å². The zero-order chi connectivity index (χ0) is 22.2. The van der Waals surface area contributed by atoms with E-state index in [1.165, 1.54) is 18.4 Å². The Morgan fingerprint density at radius 2 is 2.00 bits per heavy atom. The van der Waals surface area contributed by atoms with Crippen molar-refractivity contribution < 1.29 is 23.1 Å². The Hall–Kier alpha value is -2.33. The van der Waals surface area contributed by atoms with Crippen molar-refractivity contribution in [2.75, 3.05) is 52.5 Å². The smallest absolute Gasteiger partial charge is 0.273 e. The molecule has 1 aromatic carbocycles. The van der Waals surface area contributed by atoms with Crippen LogP contribution in [0.15, 0.2) is 34.9 Å². The molecule has 2 fully saturated rings. The van der Waals surface area contributed by atoms with E-state index in [-0.39, 0.29) is 23.5 Å². The Kier molecular flexibility index (Phi) is 8.22. The molecule has 4 rings (SSSR count). The van der Waals surface area contributed by atoms with Crippen molar-refractivity contribution in [1.82, 2.24) is 20.1 Å². The first kappa shape index (κ1) is 22.8. The number of ether oxygens (including phenoxy) is 2. The minimum atomic E-state index is -0.256. The quantitative estimate of drug-likeness (QED) is 0.598. The van der Waals surface area contributed by atoms with Gasteiger partial charge in [-0.3, -0.25) is 14.6 Å². The van der Waals surface area contributed by atoms with Crippen LogP contribution in [0.3, 0.4) is 0 Å². The molecule has 3 heterocycles. The van der Waals surface area contributed by atoms with Crippen LogP contribution in [-0.2, 0) is 22.6 Å². The standard InChI is InChI=1S/C23H31FN4O4/c24-19-5-3-18(4-6-19)15-28(8-7-27-9-12-30-13-10-27)16-22-26-21(17-32-22)23(29)25-14-20-2-1-11-31-20/h3-6,17,20H,1-2,7-16H2,(H,25,29). The molecule has 1 N–H and O–H groups in total. The van der Waals surface area contributed by atoms with Gasteiger partial charge in [0.2, 0.25) is 5.89 Å². The summed E-state index contributed by atoms with van der Waals surface area (Å²) >= 11 is 0. The molecule has 174 valence electrons. The molecular weight excluding hydrogens is 415 g/mol. The molecule has 0 aliphatic carbocycles. The monoisotopic (exact) mass is 446 g/mol. The summed E-state index contributed by atoms with van der Waals surface area (Å²) in [6.45, 7) is 7.34. The number of benzene rings is 1. The molecule has 0 saturated carbocycles. The number of halogens is 1. The lowest BCUT2D eigenvalue weighted by molar-refractivity contribution is 0.0320. The molecule has 2 aliphatic rings. The van der Waals surface area contributed by atoms with E-state index in [0.717, 1.165) is 64.4 Å². The molecule has 2 aromatic rings. The Labute approximate surface area is 187 Å². The van der Waals surface area contributed by atoms with E-state index < -0.39 is 0 Å². The number of aromatic nitrogens is 1. The average Bonchev–Trinajstić information content (AvgIpc) is 3.50. The minimum Gasteiger partial charge on any atom is -0.447 e. The number of oxazole rings is 1. The van der Waals surface area contributed by atoms with Gasteiger partial charge < -0.3 is 19.2 Å². The van der Waals surface area contributed by atoms with E-state index in [2.05, 4.69) is 20.1 Å². The molecule has 8 nitrogen and oxygen atoms in total. The van der Waals surface area contributed by atoms with Crippen molar-refractivity contribution in [2.45, 2.75) is 32.0 Å². The van der Waals surface area contributed by atoms with Gasteiger partial charge in [0.15, 0.2) is 5.69 Å². The Bertz CT molecular complexity index is 848. The predicted octanol–water partition coefficient (Wildman–Crippen LogP) is 2.06. The third kappa shape index (κ3) is 6.83. The fourth-order valence-corrected chi connectivity index (χ4v) is 3.95. The summed E-state index contributed by atoms with van der Waals surface area (Å²) in [7, 11) is 0. The summed E-state index contributed by atoms with van der Waals surface area (Å²) in [4.78, 5) is 21.3. The fraction of sp³-hybridized carbons (Fsp3) is 0.565. The van der Waals surface area contributed by atoms with Gasteiger partial charge in [-0.05, 0) is 30.5 Å². The molecule has 1 amide bonds. The van der Waals surface area contributed by atoms with Gasteiger partial charge in [-0.25, -0.2) is 9.37 Å². The van der Waals surface area contributed by atoms with Crippen LogP contribution >= 0.6 is 0 Å². The number of rotatable bonds is 10. The van der Waals surface area contributed by atoms with Gasteiger partial charge >= 0.3 is 0 Å². The number of morpholine rings is 1. The second-order valence-electron chi connectivity index (χ2n) is 8.26. The second-order valence-corrected chi connectivity index (χ2v) is 8.26. The number of carbonyl (C=O) groups is 1. The van der Waals surface area contributed by atoms with Crippen molar-refractivity contribution in [3.63, 3.8) is 0 Å². The Balaban J connectivity index is 1.34. The minimum absolute atomic E-state index is 0.0803. The van der Waals surface area contributed by atoms with Crippen molar-refractivity contribution >= 4 is 5.91 Å². The first-order valence-electron chi connectivity index (χ1n) is 11.3. The fourth-order valence-electron chi connectivity index (χ4n) is 3.95. The van der Waals surface area contributed by atoms with E-state index in [1.807, 2.05) is 0 Å². The van der Waals surface area contributed by atoms with Crippen LogP contribution in [0.1, 0.15) is 34.8 Å². The average molecular weight is 447 g/mol. The van der Waals surface area contributed by atoms with Gasteiger partial charge in [0.25, 0.3) is 5.91 Å². The van der Waals surface area contributed by atoms with Crippen molar-refractivity contribution in [1.29, 1.82) is 0 Å². The van der Waals surface area contributed by atoms with Crippen molar-refractivity contribution in [3.05, 3.63) is 53.5 Å². The van der Waals surface area contributed by atoms with Crippen molar-refractivity contribution in [2.24, 2.45) is 0 Å². The highest BCUT2D eigenvalue weighted by molar-refractivity contribution is 5.91. The lowest BCUT2D eigenvalue weighted by Crippen LogP contribution is -2.41. The molecule has 1 atom stereocenters. The zero-order valence-electron chi connectivity index (χ0n) is 18.3. The molecular formula is C23H31FN4O4. The summed E-state index contributed by atoms with van der Waals surface area (Å²) in [6.07, 6.45) is 3.48. The van der Waals surface area contributed by atoms with Crippen LogP contribution in [0.4, 0.5) is 4.39 Å². The summed E-state index contributed by atoms with van der Waals surface area (Å²) in [5.74, 6) is -0.0229. The summed E-state index contributed by atoms with van der Waals surface area (Å²) in [5.41, 5.74) is 1.28. The lowest BCUT2D eigenvalue weighted by Gasteiger charge is -2.29. The zero-order valence-corrected chi connectivity index (χ0v) is 18.3. The van der Waals surface area contributed by atoms with Gasteiger partial charge in [0.05, 0.1) is 25.9 Å². The summed E-state index contributed by atoms with van der Waals surface area (Å²) < 4.78 is 29.9. The van der Waals surface area contributed by atoms with Gasteiger partial charge in [-0.1, -0.05) is 12.1 Å². The molecule has 0 radical (unpaired) electrons. The largest absolute Gasteiger partial charge is 0.447 e. The molecule has 1 unspecified atom stereocenters. The summed E-state index contributed by atoms with van der Waals surface area (Å²) in [6, 6.07) is 6.52. The molecule has 2 saturated heterocycles. The maximum Gasteiger partial charge on any atom is 0.273 e. The number of nitrogens with zero attached hydrogens (tertiary/aromatic N) is 3. The number of carbonyl (C=O) groups excluding carboxylic acids is 1. The molecule has 0 bridgehead atoms. The number of amides is 1. The van der Waals surface area contributed by atoms with Gasteiger partial charge in [-0.2, -0.15) is 0 Å². The first-order chi connectivity index (χ1) is 15.7. The van der Waals surface area contributed by atoms with Gasteiger partial charge in [0, 0.05) is 45.9 Å². The van der Waals surface area contributed by atoms with E-state index >= 15 is 0 Å². The van der Waals surface area contributed by atoms with E-state index in [9.17, 15) is 9.18 Å². The van der Waals surface area contributed by atoms with E-state index in [4.69, 9.17) is 13.9 Å². The number of nitrogens with one attached hydrogen (secondary N) is 1. The van der Waals surface area contributed by atoms with Crippen LogP contribution in [0.2, 0.25) is 0 Å². The summed E-state index contributed by atoms with van der Waals surface area (Å²) in [5, 5.41) is 2.87. The topological polar surface area (TPSA) is 80.1 Å². The van der Waals surface area contributed by atoms with Crippen molar-refractivity contribution in [3.8, 4) is 0 Å². The number of hydrogen-bond donors (Lipinski definition) is 1. The Morgan fingerprint density at radius 1 is 1.19 bits per heavy atom. The molecule has 2 aliphatic heterocycles. The van der Waals surface area contributed by atoms with E-state index in [1.54, 1.807) is 12.1 Å². The molecule has 0 spiro atoms. The maximum atomic E-state index is 13.3. The first-order valence-corrected chi connectivity index (χ1v) is 11.3. The lowest BCUT2D eigenvalue weighted by atomic mass is 10.2. The van der Waals surface area contributed by atoms with Gasteiger partial charge in [-0.15, -0.1) is 0 Å². The third-order valence-corrected chi connectivity index (χ3v) is 5.81. The van der Waals surface area contributed by atoms with Gasteiger partial charge in [0.1, 0.15) is 12.1 Å². The highest BCUT2D eigenvalue weighted by Crippen LogP contribution is 2.13. The van der Waals surface area contributed by atoms with Crippen LogP contribution in [0.5, 0.6) is 0 Å². The SMILES string of the molecule is O=C(NCC1CCCO1)c1coc(CN(CCN2CCOCC2)Cc2ccc(F)cc2)n1. The number of hydrogen-bond acceptors (Lipinski definition) is 7. The maximum absolute atomic E-state index is 13.3. The van der Waals surface area contributed by atoms with Crippen LogP contribution in [0, 0.1) is 5.82 Å².